The Hall–Kier alpha value is -1.58. The topological polar surface area (TPSA) is 67.4 Å². The average Bonchev–Trinajstić information content (AvgIpc) is 3.53. The Morgan fingerprint density at radius 3 is 1.14 bits per heavy atom. The molecular weight excluding hydrogens is 486 g/mol. The first-order chi connectivity index (χ1) is 17.1. The number of likely N-dealkylation sites (tertiary alicyclic amines) is 5. The third-order valence-electron chi connectivity index (χ3n) is 6.95. The normalized spacial score (nSPS) is 22.0. The Balaban J connectivity index is 0.000000435. The van der Waals surface area contributed by atoms with Crippen LogP contribution in [-0.4, -0.2) is 128 Å². The number of hydrogen-bond donors (Lipinski definition) is 0. The minimum atomic E-state index is 0. The Labute approximate surface area is 232 Å². The van der Waals surface area contributed by atoms with E-state index in [1.807, 2.05) is 21.1 Å². The van der Waals surface area contributed by atoms with E-state index < -0.39 is 0 Å². The number of carbonyl (C=O) groups excluding carboxylic acids is 3. The molecule has 5 saturated heterocycles. The maximum atomic E-state index is 10.6. The highest BCUT2D eigenvalue weighted by molar-refractivity contribution is 7.80. The van der Waals surface area contributed by atoms with Crippen molar-refractivity contribution in [2.45, 2.75) is 78.1 Å². The minimum Gasteiger partial charge on any atom is -0.369 e. The Morgan fingerprint density at radius 1 is 0.514 bits per heavy atom. The molecule has 8 nitrogen and oxygen atoms in total. The zero-order chi connectivity index (χ0) is 26.9. The van der Waals surface area contributed by atoms with Gasteiger partial charge < -0.3 is 19.6 Å². The molecule has 0 unspecified atom stereocenters. The Bertz CT molecular complexity index is 628. The summed E-state index contributed by atoms with van der Waals surface area (Å²) in [6.45, 7) is 7.47. The first kappa shape index (κ1) is 35.4. The van der Waals surface area contributed by atoms with E-state index in [-0.39, 0.29) is 7.43 Å². The van der Waals surface area contributed by atoms with E-state index in [9.17, 15) is 14.4 Å². The minimum absolute atomic E-state index is 0. The molecule has 2 amide bonds. The second kappa shape index (κ2) is 20.4. The van der Waals surface area contributed by atoms with Gasteiger partial charge in [-0.2, -0.15) is 0 Å². The molecule has 0 aliphatic carbocycles. The fourth-order valence-electron chi connectivity index (χ4n) is 4.41. The van der Waals surface area contributed by atoms with Crippen LogP contribution in [0.2, 0.25) is 0 Å². The number of thiocarbonyl (C=S) groups is 1. The summed E-state index contributed by atoms with van der Waals surface area (Å²) in [4.78, 5) is 42.9. The number of ketones is 1. The number of rotatable bonds is 0. The van der Waals surface area contributed by atoms with Gasteiger partial charge in [0.1, 0.15) is 5.78 Å². The number of carbonyl (C=O) groups is 3. The second-order valence-electron chi connectivity index (χ2n) is 10.5. The molecule has 37 heavy (non-hydrogen) atoms. The van der Waals surface area contributed by atoms with Crippen LogP contribution < -0.4 is 0 Å². The van der Waals surface area contributed by atoms with Crippen LogP contribution in [0.25, 0.3) is 0 Å². The van der Waals surface area contributed by atoms with Crippen LogP contribution in [0.5, 0.6) is 0 Å². The van der Waals surface area contributed by atoms with Gasteiger partial charge in [-0.3, -0.25) is 19.3 Å². The van der Waals surface area contributed by atoms with Gasteiger partial charge in [-0.1, -0.05) is 26.1 Å². The van der Waals surface area contributed by atoms with Gasteiger partial charge in [-0.25, -0.2) is 0 Å². The van der Waals surface area contributed by atoms with Gasteiger partial charge in [0.15, 0.2) is 0 Å². The van der Waals surface area contributed by atoms with Gasteiger partial charge >= 0.3 is 0 Å². The fraction of sp³-hybridized carbons (Fsp3) is 0.857. The first-order valence-corrected chi connectivity index (χ1v) is 14.1. The molecule has 0 N–H and O–H groups in total. The zero-order valence-corrected chi connectivity index (χ0v) is 24.4. The second-order valence-corrected chi connectivity index (χ2v) is 11.0. The van der Waals surface area contributed by atoms with E-state index in [4.69, 9.17) is 12.2 Å². The molecule has 5 heterocycles. The lowest BCUT2D eigenvalue weighted by Gasteiger charge is -2.20. The van der Waals surface area contributed by atoms with Crippen LogP contribution in [-0.2, 0) is 14.4 Å². The first-order valence-electron chi connectivity index (χ1n) is 13.7. The van der Waals surface area contributed by atoms with E-state index in [1.165, 1.54) is 45.3 Å². The average molecular weight is 542 g/mol. The third kappa shape index (κ3) is 16.8. The van der Waals surface area contributed by atoms with Gasteiger partial charge in [-0.05, 0) is 78.7 Å². The van der Waals surface area contributed by atoms with E-state index in [1.54, 1.807) is 9.80 Å². The Morgan fingerprint density at radius 2 is 0.946 bits per heavy atom. The SMILES string of the molecule is C.CN1CCCC(=O)C1.CN1CCCC1=O.CN1CCCC1=O.CN1CCCC1=S.CN1CCCCC1. The van der Waals surface area contributed by atoms with Crippen molar-refractivity contribution in [3.05, 3.63) is 0 Å². The highest BCUT2D eigenvalue weighted by Gasteiger charge is 2.15. The maximum Gasteiger partial charge on any atom is 0.222 e. The lowest BCUT2D eigenvalue weighted by Crippen LogP contribution is -2.31. The highest BCUT2D eigenvalue weighted by Crippen LogP contribution is 2.08. The largest absolute Gasteiger partial charge is 0.369 e. The third-order valence-corrected chi connectivity index (χ3v) is 7.47. The molecule has 0 spiro atoms. The quantitative estimate of drug-likeness (QED) is 0.435. The Kier molecular flexibility index (Phi) is 19.5. The van der Waals surface area contributed by atoms with Crippen LogP contribution in [0.15, 0.2) is 0 Å². The van der Waals surface area contributed by atoms with Crippen LogP contribution in [0.3, 0.4) is 0 Å². The molecule has 0 saturated carbocycles. The molecule has 9 heteroatoms. The van der Waals surface area contributed by atoms with Crippen LogP contribution in [0.4, 0.5) is 0 Å². The maximum absolute atomic E-state index is 10.6. The molecule has 0 radical (unpaired) electrons. The molecule has 0 aromatic heterocycles. The summed E-state index contributed by atoms with van der Waals surface area (Å²) in [5.74, 6) is 0.971. The van der Waals surface area contributed by atoms with E-state index >= 15 is 0 Å². The number of hydrogen-bond acceptors (Lipinski definition) is 6. The molecule has 5 fully saturated rings. The van der Waals surface area contributed by atoms with Crippen LogP contribution >= 0.6 is 12.2 Å². The van der Waals surface area contributed by atoms with Crippen molar-refractivity contribution in [1.82, 2.24) is 24.5 Å². The lowest BCUT2D eigenvalue weighted by molar-refractivity contribution is -0.127. The number of amides is 2. The van der Waals surface area contributed by atoms with Crippen molar-refractivity contribution in [3.8, 4) is 0 Å². The van der Waals surface area contributed by atoms with Crippen molar-refractivity contribution < 1.29 is 14.4 Å². The summed E-state index contributed by atoms with van der Waals surface area (Å²) in [5.41, 5.74) is 0. The number of Topliss-reactive ketones (excluding diaryl/α,β-unsaturated/α-hetero) is 1. The van der Waals surface area contributed by atoms with E-state index in [0.717, 1.165) is 69.6 Å². The van der Waals surface area contributed by atoms with Gasteiger partial charge in [0.25, 0.3) is 0 Å². The monoisotopic (exact) mass is 541 g/mol. The molecule has 5 aliphatic heterocycles. The summed E-state index contributed by atoms with van der Waals surface area (Å²) in [7, 11) is 9.91. The number of piperidine rings is 2. The van der Waals surface area contributed by atoms with Crippen LogP contribution in [0.1, 0.15) is 78.1 Å². The molecule has 0 aromatic carbocycles. The predicted octanol–water partition coefficient (Wildman–Crippen LogP) is 3.54. The molecule has 0 atom stereocenters. The van der Waals surface area contributed by atoms with Gasteiger partial charge in [0, 0.05) is 60.0 Å². The van der Waals surface area contributed by atoms with E-state index in [2.05, 4.69) is 28.8 Å². The van der Waals surface area contributed by atoms with Gasteiger partial charge in [0.2, 0.25) is 11.8 Å². The fourth-order valence-corrected chi connectivity index (χ4v) is 4.64. The number of nitrogens with zero attached hydrogens (tertiary/aromatic N) is 5. The van der Waals surface area contributed by atoms with Crippen molar-refractivity contribution in [2.75, 3.05) is 81.1 Å². The molecular formula is C28H55N5O3S. The highest BCUT2D eigenvalue weighted by atomic mass is 32.1. The summed E-state index contributed by atoms with van der Waals surface area (Å²) < 4.78 is 0. The molecule has 0 bridgehead atoms. The van der Waals surface area contributed by atoms with Crippen molar-refractivity contribution in [2.24, 2.45) is 0 Å². The van der Waals surface area contributed by atoms with Crippen molar-refractivity contribution in [3.63, 3.8) is 0 Å². The molecule has 0 aromatic rings. The molecule has 5 rings (SSSR count). The predicted molar refractivity (Wildman–Crippen MR) is 158 cm³/mol. The van der Waals surface area contributed by atoms with E-state index in [0.29, 0.717) is 24.1 Å². The molecule has 216 valence electrons. The van der Waals surface area contributed by atoms with Gasteiger partial charge in [0.05, 0.1) is 11.5 Å². The van der Waals surface area contributed by atoms with Gasteiger partial charge in [-0.15, -0.1) is 0 Å². The van der Waals surface area contributed by atoms with Crippen LogP contribution in [0, 0.1) is 0 Å². The summed E-state index contributed by atoms with van der Waals surface area (Å²) in [6.07, 6.45) is 12.1. The zero-order valence-electron chi connectivity index (χ0n) is 23.6. The smallest absolute Gasteiger partial charge is 0.222 e. The number of likely N-dealkylation sites (N-methyl/N-ethyl adjacent to an activating group) is 1. The summed E-state index contributed by atoms with van der Waals surface area (Å²) >= 11 is 4.97. The summed E-state index contributed by atoms with van der Waals surface area (Å²) in [6, 6.07) is 0. The lowest BCUT2D eigenvalue weighted by atomic mass is 10.1. The molecule has 5 aliphatic rings. The van der Waals surface area contributed by atoms with Crippen molar-refractivity contribution in [1.29, 1.82) is 0 Å². The standard InChI is InChI=1S/C6H11NO.C6H13N.2C5H9NO.C5H9NS.CH4/c1-7-4-2-3-6(8)5-7;1-7-5-3-2-4-6-7;3*1-6-4-2-3-5(6)7;/h2-5H2,1H3;2-6H2,1H3;3*2-4H2,1H3;1H4. The summed E-state index contributed by atoms with van der Waals surface area (Å²) in [5, 5.41) is 0. The van der Waals surface area contributed by atoms with Crippen molar-refractivity contribution >= 4 is 34.8 Å².